The fourth-order valence-corrected chi connectivity index (χ4v) is 12.6. The van der Waals surface area contributed by atoms with E-state index in [9.17, 15) is 0 Å². The summed E-state index contributed by atoms with van der Waals surface area (Å²) in [7, 11) is 0. The average Bonchev–Trinajstić information content (AvgIpc) is 3.55. The molecular formula is C36H56. The number of fused-ring (bicyclic) bond motifs is 9. The molecule has 0 amide bonds. The van der Waals surface area contributed by atoms with Crippen molar-refractivity contribution in [2.75, 3.05) is 0 Å². The largest absolute Gasteiger partial charge is 0.0810 e. The molecule has 0 saturated heterocycles. The van der Waals surface area contributed by atoms with Crippen molar-refractivity contribution in [3.8, 4) is 0 Å². The second-order valence-electron chi connectivity index (χ2n) is 15.7. The molecule has 6 saturated carbocycles. The van der Waals surface area contributed by atoms with Gasteiger partial charge in [-0.2, -0.15) is 0 Å². The van der Waals surface area contributed by atoms with Crippen LogP contribution in [0.15, 0.2) is 22.8 Å². The van der Waals surface area contributed by atoms with Crippen LogP contribution >= 0.6 is 0 Å². The lowest BCUT2D eigenvalue weighted by Crippen LogP contribution is -2.51. The van der Waals surface area contributed by atoms with Crippen LogP contribution in [0, 0.1) is 52.3 Å². The lowest BCUT2D eigenvalue weighted by atomic mass is 9.45. The van der Waals surface area contributed by atoms with Crippen LogP contribution in [0.25, 0.3) is 0 Å². The lowest BCUT2D eigenvalue weighted by molar-refractivity contribution is -0.103. The van der Waals surface area contributed by atoms with Gasteiger partial charge in [-0.1, -0.05) is 57.6 Å². The zero-order valence-electron chi connectivity index (χ0n) is 24.0. The fraction of sp³-hybridized carbons (Fsp3) is 0.889. The molecule has 0 aromatic carbocycles. The summed E-state index contributed by atoms with van der Waals surface area (Å²) in [6.45, 7) is 5.33. The maximum absolute atomic E-state index is 2.70. The van der Waals surface area contributed by atoms with Crippen molar-refractivity contribution in [1.82, 2.24) is 0 Å². The standard InChI is InChI=1S/C19H32.C17H24/c1-18-11-5-7-16(18)15-9-8-14-6-3-4-12-19(14,2)17(15)10-13-18;1-2-6-14-12(4-1)8-10-17-15-7-3-5-13(15)9-11-16(14)17/h14-17H,3-13H2,1-2H3;4,13,15,17H,1-3,5-11H2/t14-,15?,16?,17?,18-,19-;/m0./s1. The molecule has 8 aliphatic carbocycles. The molecule has 8 aliphatic rings. The van der Waals surface area contributed by atoms with Gasteiger partial charge in [-0.25, -0.2) is 0 Å². The highest BCUT2D eigenvalue weighted by Crippen LogP contribution is 2.66. The quantitative estimate of drug-likeness (QED) is 0.318. The third-order valence-electron chi connectivity index (χ3n) is 14.4. The molecule has 0 spiro atoms. The molecule has 0 N–H and O–H groups in total. The zero-order chi connectivity index (χ0) is 24.3. The molecule has 0 aromatic heterocycles. The van der Waals surface area contributed by atoms with Crippen molar-refractivity contribution in [3.63, 3.8) is 0 Å². The van der Waals surface area contributed by atoms with E-state index in [-0.39, 0.29) is 0 Å². The summed E-state index contributed by atoms with van der Waals surface area (Å²) in [5.74, 6) is 7.62. The highest BCUT2D eigenvalue weighted by molar-refractivity contribution is 5.42. The van der Waals surface area contributed by atoms with Crippen LogP contribution < -0.4 is 0 Å². The monoisotopic (exact) mass is 488 g/mol. The van der Waals surface area contributed by atoms with Gasteiger partial charge < -0.3 is 0 Å². The topological polar surface area (TPSA) is 0 Å². The molecule has 0 aliphatic heterocycles. The van der Waals surface area contributed by atoms with E-state index in [1.165, 1.54) is 70.6 Å². The van der Waals surface area contributed by atoms with Gasteiger partial charge in [0.15, 0.2) is 0 Å². The van der Waals surface area contributed by atoms with Crippen molar-refractivity contribution in [3.05, 3.63) is 22.8 Å². The molecule has 200 valence electrons. The first-order chi connectivity index (χ1) is 17.6. The maximum atomic E-state index is 2.70. The molecule has 8 rings (SSSR count). The van der Waals surface area contributed by atoms with Crippen molar-refractivity contribution >= 4 is 0 Å². The molecule has 0 heterocycles. The smallest absolute Gasteiger partial charge is 0.0163 e. The van der Waals surface area contributed by atoms with E-state index < -0.39 is 0 Å². The molecule has 36 heavy (non-hydrogen) atoms. The van der Waals surface area contributed by atoms with Crippen LogP contribution in [0.5, 0.6) is 0 Å². The zero-order valence-corrected chi connectivity index (χ0v) is 24.0. The van der Waals surface area contributed by atoms with Crippen LogP contribution in [-0.4, -0.2) is 0 Å². The van der Waals surface area contributed by atoms with Crippen molar-refractivity contribution in [2.45, 2.75) is 149 Å². The first-order valence-electron chi connectivity index (χ1n) is 17.0. The number of hydrogen-bond donors (Lipinski definition) is 0. The molecule has 0 radical (unpaired) electrons. The van der Waals surface area contributed by atoms with E-state index in [1.807, 2.05) is 11.1 Å². The third kappa shape index (κ3) is 3.96. The Kier molecular flexibility index (Phi) is 6.53. The molecule has 0 nitrogen and oxygen atoms in total. The predicted octanol–water partition coefficient (Wildman–Crippen LogP) is 10.8. The van der Waals surface area contributed by atoms with Gasteiger partial charge in [-0.05, 0) is 166 Å². The molecule has 0 aromatic rings. The number of allylic oxidation sites excluding steroid dienone is 4. The minimum Gasteiger partial charge on any atom is -0.0810 e. The molecule has 6 fully saturated rings. The Bertz CT molecular complexity index is 890. The van der Waals surface area contributed by atoms with E-state index in [2.05, 4.69) is 19.9 Å². The lowest BCUT2D eigenvalue weighted by Gasteiger charge is -2.60. The number of hydrogen-bond acceptors (Lipinski definition) is 0. The van der Waals surface area contributed by atoms with Crippen molar-refractivity contribution in [1.29, 1.82) is 0 Å². The van der Waals surface area contributed by atoms with E-state index in [1.54, 1.807) is 69.8 Å². The van der Waals surface area contributed by atoms with Crippen LogP contribution in [-0.2, 0) is 0 Å². The van der Waals surface area contributed by atoms with E-state index in [0.717, 1.165) is 52.3 Å². The first kappa shape index (κ1) is 24.5. The van der Waals surface area contributed by atoms with Gasteiger partial charge in [0.05, 0.1) is 0 Å². The Morgan fingerprint density at radius 3 is 2.53 bits per heavy atom. The molecule has 6 unspecified atom stereocenters. The van der Waals surface area contributed by atoms with Crippen LogP contribution in [0.3, 0.4) is 0 Å². The first-order valence-corrected chi connectivity index (χ1v) is 17.0. The Labute approximate surface area is 223 Å². The Morgan fingerprint density at radius 2 is 1.58 bits per heavy atom. The van der Waals surface area contributed by atoms with E-state index in [4.69, 9.17) is 0 Å². The summed E-state index contributed by atoms with van der Waals surface area (Å²) < 4.78 is 0. The second kappa shape index (κ2) is 9.59. The summed E-state index contributed by atoms with van der Waals surface area (Å²) in [6.07, 6.45) is 34.3. The maximum Gasteiger partial charge on any atom is -0.0163 e. The summed E-state index contributed by atoms with van der Waals surface area (Å²) in [5, 5.41) is 0. The van der Waals surface area contributed by atoms with E-state index >= 15 is 0 Å². The molecule has 0 heteroatoms. The average molecular weight is 489 g/mol. The summed E-state index contributed by atoms with van der Waals surface area (Å²) in [4.78, 5) is 0. The predicted molar refractivity (Wildman–Crippen MR) is 153 cm³/mol. The highest BCUT2D eigenvalue weighted by Gasteiger charge is 2.57. The van der Waals surface area contributed by atoms with Gasteiger partial charge in [0.25, 0.3) is 0 Å². The Morgan fingerprint density at radius 1 is 0.639 bits per heavy atom. The Hall–Kier alpha value is -0.520. The normalized spacial score (nSPS) is 49.3. The fourth-order valence-electron chi connectivity index (χ4n) is 12.6. The van der Waals surface area contributed by atoms with Gasteiger partial charge >= 0.3 is 0 Å². The van der Waals surface area contributed by atoms with Crippen LogP contribution in [0.2, 0.25) is 0 Å². The van der Waals surface area contributed by atoms with Gasteiger partial charge in [0, 0.05) is 0 Å². The van der Waals surface area contributed by atoms with Gasteiger partial charge in [0.1, 0.15) is 0 Å². The second-order valence-corrected chi connectivity index (χ2v) is 15.7. The van der Waals surface area contributed by atoms with Gasteiger partial charge in [-0.15, -0.1) is 0 Å². The van der Waals surface area contributed by atoms with Gasteiger partial charge in [0.2, 0.25) is 0 Å². The van der Waals surface area contributed by atoms with Crippen molar-refractivity contribution in [2.24, 2.45) is 52.3 Å². The van der Waals surface area contributed by atoms with Gasteiger partial charge in [-0.3, -0.25) is 0 Å². The molecular weight excluding hydrogens is 432 g/mol. The van der Waals surface area contributed by atoms with Crippen LogP contribution in [0.1, 0.15) is 149 Å². The number of rotatable bonds is 0. The minimum absolute atomic E-state index is 0.741. The summed E-state index contributed by atoms with van der Waals surface area (Å²) in [5.41, 5.74) is 7.03. The summed E-state index contributed by atoms with van der Waals surface area (Å²) in [6, 6.07) is 0. The molecule has 0 bridgehead atoms. The minimum atomic E-state index is 0.741. The summed E-state index contributed by atoms with van der Waals surface area (Å²) >= 11 is 0. The Balaban J connectivity index is 0.000000123. The van der Waals surface area contributed by atoms with E-state index in [0.29, 0.717) is 0 Å². The van der Waals surface area contributed by atoms with Crippen LogP contribution in [0.4, 0.5) is 0 Å². The van der Waals surface area contributed by atoms with Crippen molar-refractivity contribution < 1.29 is 0 Å². The third-order valence-corrected chi connectivity index (χ3v) is 14.4. The highest BCUT2D eigenvalue weighted by atomic mass is 14.6. The molecule has 9 atom stereocenters. The SMILES string of the molecule is C1=C2CCC3C(=C2CCC1)CCC1CCCC13.C[C@@]12CCCC1C1CC[C@@H]3CCCC[C@]3(C)C1CC2.